The monoisotopic (exact) mass is 126 g/mol. The topological polar surface area (TPSA) is 21.8 Å². The third kappa shape index (κ3) is 1.08. The van der Waals surface area contributed by atoms with Crippen molar-refractivity contribution in [1.82, 2.24) is 0 Å². The molecule has 0 aromatic heterocycles. The normalized spacial score (nSPS) is 32.9. The van der Waals surface area contributed by atoms with Gasteiger partial charge in [0.25, 0.3) is 0 Å². The highest BCUT2D eigenvalue weighted by Crippen LogP contribution is 2.25. The lowest BCUT2D eigenvalue weighted by Crippen LogP contribution is -2.03. The van der Waals surface area contributed by atoms with Crippen LogP contribution in [0.1, 0.15) is 12.8 Å². The third-order valence-electron chi connectivity index (χ3n) is 1.71. The molecule has 0 aromatic rings. The summed E-state index contributed by atoms with van der Waals surface area (Å²) in [6.45, 7) is 1.80. The minimum Gasteiger partial charge on any atom is -0.501 e. The lowest BCUT2D eigenvalue weighted by molar-refractivity contribution is 0.219. The molecule has 0 unspecified atom stereocenters. The lowest BCUT2D eigenvalue weighted by atomic mass is 10.1. The first-order valence-corrected chi connectivity index (χ1v) is 3.39. The maximum atomic E-state index is 5.14. The first-order chi connectivity index (χ1) is 4.47. The van der Waals surface area contributed by atoms with Gasteiger partial charge in [-0.3, -0.25) is 0 Å². The fourth-order valence-electron chi connectivity index (χ4n) is 1.08. The Balaban J connectivity index is 1.99. The minimum atomic E-state index is 0.422. The molecule has 0 bridgehead atoms. The predicted molar refractivity (Wildman–Crippen MR) is 33.0 cm³/mol. The zero-order valence-electron chi connectivity index (χ0n) is 5.30. The summed E-state index contributed by atoms with van der Waals surface area (Å²) < 4.78 is 10.2. The number of hydrogen-bond acceptors (Lipinski definition) is 2. The summed E-state index contributed by atoms with van der Waals surface area (Å²) >= 11 is 0. The molecular formula is C7H10O2. The van der Waals surface area contributed by atoms with Crippen molar-refractivity contribution in [1.29, 1.82) is 0 Å². The third-order valence-corrected chi connectivity index (χ3v) is 1.71. The van der Waals surface area contributed by atoms with Crippen molar-refractivity contribution in [3.8, 4) is 0 Å². The number of hydrogen-bond donors (Lipinski definition) is 0. The fraction of sp³-hybridized carbons (Fsp3) is 0.714. The smallest absolute Gasteiger partial charge is 0.105 e. The summed E-state index contributed by atoms with van der Waals surface area (Å²) in [4.78, 5) is 0. The fourth-order valence-corrected chi connectivity index (χ4v) is 1.08. The lowest BCUT2D eigenvalue weighted by Gasteiger charge is -2.10. The summed E-state index contributed by atoms with van der Waals surface area (Å²) in [5.74, 6) is 0. The molecule has 2 rings (SSSR count). The van der Waals surface area contributed by atoms with Crippen LogP contribution in [-0.2, 0) is 9.47 Å². The molecule has 50 valence electrons. The van der Waals surface area contributed by atoms with Gasteiger partial charge in [-0.15, -0.1) is 0 Å². The van der Waals surface area contributed by atoms with Crippen molar-refractivity contribution in [3.05, 3.63) is 11.8 Å². The minimum absolute atomic E-state index is 0.422. The molecule has 0 radical (unpaired) electrons. The van der Waals surface area contributed by atoms with Crippen LogP contribution in [0.5, 0.6) is 0 Å². The highest BCUT2D eigenvalue weighted by Gasteiger charge is 2.28. The maximum Gasteiger partial charge on any atom is 0.105 e. The summed E-state index contributed by atoms with van der Waals surface area (Å²) in [6, 6.07) is 0. The van der Waals surface area contributed by atoms with Gasteiger partial charge in [0.1, 0.15) is 6.10 Å². The van der Waals surface area contributed by atoms with Gasteiger partial charge in [-0.2, -0.15) is 0 Å². The SMILES string of the molecule is C1=C([C@@H]2CO2)CCCO1. The molecule has 2 aliphatic rings. The maximum absolute atomic E-state index is 5.14. The molecule has 0 aliphatic carbocycles. The van der Waals surface area contributed by atoms with Gasteiger partial charge in [0, 0.05) is 0 Å². The molecule has 2 nitrogen and oxygen atoms in total. The van der Waals surface area contributed by atoms with E-state index in [1.807, 2.05) is 6.26 Å². The quantitative estimate of drug-likeness (QED) is 0.490. The van der Waals surface area contributed by atoms with Crippen molar-refractivity contribution >= 4 is 0 Å². The van der Waals surface area contributed by atoms with Crippen LogP contribution in [0.3, 0.4) is 0 Å². The van der Waals surface area contributed by atoms with Gasteiger partial charge in [-0.05, 0) is 18.4 Å². The van der Waals surface area contributed by atoms with Crippen LogP contribution in [0.2, 0.25) is 0 Å². The Morgan fingerprint density at radius 1 is 1.56 bits per heavy atom. The molecule has 2 heteroatoms. The van der Waals surface area contributed by atoms with Crippen molar-refractivity contribution in [2.45, 2.75) is 18.9 Å². The summed E-state index contributed by atoms with van der Waals surface area (Å²) in [7, 11) is 0. The van der Waals surface area contributed by atoms with E-state index in [0.29, 0.717) is 6.10 Å². The van der Waals surface area contributed by atoms with Crippen LogP contribution in [0.15, 0.2) is 11.8 Å². The highest BCUT2D eigenvalue weighted by atomic mass is 16.6. The standard InChI is InChI=1S/C7H10O2/c1-2-6(4-8-3-1)7-5-9-7/h4,7H,1-3,5H2/t7-/m0/s1. The molecule has 1 saturated heterocycles. The van der Waals surface area contributed by atoms with Gasteiger partial charge >= 0.3 is 0 Å². The average Bonchev–Trinajstić information content (AvgIpc) is 2.71. The zero-order valence-corrected chi connectivity index (χ0v) is 5.30. The van der Waals surface area contributed by atoms with E-state index in [2.05, 4.69) is 0 Å². The molecule has 0 N–H and O–H groups in total. The van der Waals surface area contributed by atoms with Crippen LogP contribution < -0.4 is 0 Å². The first-order valence-electron chi connectivity index (χ1n) is 3.39. The van der Waals surface area contributed by atoms with E-state index >= 15 is 0 Å². The van der Waals surface area contributed by atoms with Crippen molar-refractivity contribution in [2.24, 2.45) is 0 Å². The second-order valence-electron chi connectivity index (χ2n) is 2.49. The first kappa shape index (κ1) is 5.30. The number of ether oxygens (including phenoxy) is 2. The molecule has 0 aromatic carbocycles. The van der Waals surface area contributed by atoms with E-state index in [0.717, 1.165) is 19.6 Å². The van der Waals surface area contributed by atoms with Crippen LogP contribution in [0.4, 0.5) is 0 Å². The second kappa shape index (κ2) is 2.03. The summed E-state index contributed by atoms with van der Waals surface area (Å²) in [6.07, 6.45) is 4.61. The van der Waals surface area contributed by atoms with E-state index < -0.39 is 0 Å². The van der Waals surface area contributed by atoms with Crippen LogP contribution in [-0.4, -0.2) is 19.3 Å². The number of rotatable bonds is 1. The second-order valence-corrected chi connectivity index (χ2v) is 2.49. The van der Waals surface area contributed by atoms with E-state index in [1.54, 1.807) is 0 Å². The molecule has 0 saturated carbocycles. The van der Waals surface area contributed by atoms with E-state index in [1.165, 1.54) is 12.0 Å². The molecule has 2 aliphatic heterocycles. The van der Waals surface area contributed by atoms with Gasteiger partial charge in [0.05, 0.1) is 19.5 Å². The Morgan fingerprint density at radius 2 is 2.44 bits per heavy atom. The van der Waals surface area contributed by atoms with Crippen LogP contribution in [0.25, 0.3) is 0 Å². The largest absolute Gasteiger partial charge is 0.501 e. The van der Waals surface area contributed by atoms with Crippen molar-refractivity contribution < 1.29 is 9.47 Å². The molecule has 1 atom stereocenters. The summed E-state index contributed by atoms with van der Waals surface area (Å²) in [5.41, 5.74) is 1.35. The van der Waals surface area contributed by atoms with Crippen molar-refractivity contribution in [3.63, 3.8) is 0 Å². The van der Waals surface area contributed by atoms with Gasteiger partial charge < -0.3 is 9.47 Å². The molecule has 2 heterocycles. The van der Waals surface area contributed by atoms with Crippen molar-refractivity contribution in [2.75, 3.05) is 13.2 Å². The Labute approximate surface area is 54.5 Å². The molecule has 0 amide bonds. The van der Waals surface area contributed by atoms with Crippen LogP contribution >= 0.6 is 0 Å². The predicted octanol–water partition coefficient (Wildman–Crippen LogP) is 1.08. The van der Waals surface area contributed by atoms with E-state index in [9.17, 15) is 0 Å². The van der Waals surface area contributed by atoms with Gasteiger partial charge in [0.15, 0.2) is 0 Å². The molecular weight excluding hydrogens is 116 g/mol. The molecule has 0 spiro atoms. The zero-order chi connectivity index (χ0) is 6.10. The molecule has 1 fully saturated rings. The Bertz CT molecular complexity index is 136. The Kier molecular flexibility index (Phi) is 1.19. The highest BCUT2D eigenvalue weighted by molar-refractivity contribution is 5.11. The Morgan fingerprint density at radius 3 is 3.00 bits per heavy atom. The molecule has 9 heavy (non-hydrogen) atoms. The van der Waals surface area contributed by atoms with Gasteiger partial charge in [-0.25, -0.2) is 0 Å². The van der Waals surface area contributed by atoms with E-state index in [-0.39, 0.29) is 0 Å². The van der Waals surface area contributed by atoms with Crippen LogP contribution in [0, 0.1) is 0 Å². The van der Waals surface area contributed by atoms with Gasteiger partial charge in [0.2, 0.25) is 0 Å². The van der Waals surface area contributed by atoms with Gasteiger partial charge in [-0.1, -0.05) is 0 Å². The average molecular weight is 126 g/mol. The number of epoxide rings is 1. The Hall–Kier alpha value is -0.500. The summed E-state index contributed by atoms with van der Waals surface area (Å²) in [5, 5.41) is 0. The van der Waals surface area contributed by atoms with E-state index in [4.69, 9.17) is 9.47 Å².